The van der Waals surface area contributed by atoms with E-state index in [1.54, 1.807) is 45.0 Å². The number of carbonyl (C=O) groups excluding carboxylic acids is 1. The first-order valence-corrected chi connectivity index (χ1v) is 11.6. The Kier molecular flexibility index (Phi) is 8.20. The maximum absolute atomic E-state index is 13.3. The molecule has 0 unspecified atom stereocenters. The summed E-state index contributed by atoms with van der Waals surface area (Å²) in [5.41, 5.74) is -3.38. The van der Waals surface area contributed by atoms with Crippen LogP contribution < -0.4 is 0 Å². The van der Waals surface area contributed by atoms with Gasteiger partial charge < -0.3 is 9.47 Å². The average Bonchev–Trinajstić information content (AvgIpc) is 2.75. The van der Waals surface area contributed by atoms with Crippen LogP contribution in [0.25, 0.3) is 0 Å². The second kappa shape index (κ2) is 10.5. The van der Waals surface area contributed by atoms with E-state index in [0.717, 1.165) is 0 Å². The number of amides is 1. The molecule has 0 N–H and O–H groups in total. The molecule has 0 radical (unpaired) electrons. The molecule has 0 aliphatic carbocycles. The van der Waals surface area contributed by atoms with Gasteiger partial charge in [-0.1, -0.05) is 29.8 Å². The molecule has 2 aromatic carbocycles. The molecule has 2 atom stereocenters. The third-order valence-corrected chi connectivity index (χ3v) is 5.88. The molecule has 1 heterocycles. The average molecular weight is 538 g/mol. The van der Waals surface area contributed by atoms with Crippen LogP contribution >= 0.6 is 11.6 Å². The van der Waals surface area contributed by atoms with Crippen LogP contribution in [0.15, 0.2) is 42.5 Å². The fourth-order valence-electron chi connectivity index (χ4n) is 4.05. The van der Waals surface area contributed by atoms with Gasteiger partial charge in [-0.2, -0.15) is 26.3 Å². The van der Waals surface area contributed by atoms with Crippen LogP contribution in [0.4, 0.5) is 31.1 Å². The van der Waals surface area contributed by atoms with Crippen molar-refractivity contribution in [1.29, 1.82) is 0 Å². The summed E-state index contributed by atoms with van der Waals surface area (Å²) in [6.07, 6.45) is -10.4. The highest BCUT2D eigenvalue weighted by Crippen LogP contribution is 2.39. The largest absolute Gasteiger partial charge is 0.444 e. The van der Waals surface area contributed by atoms with Crippen LogP contribution in [0.2, 0.25) is 5.02 Å². The quantitative estimate of drug-likeness (QED) is 0.371. The molecule has 1 amide bonds. The van der Waals surface area contributed by atoms with Crippen molar-refractivity contribution in [2.75, 3.05) is 6.54 Å². The molecule has 3 rings (SSSR count). The predicted molar refractivity (Wildman–Crippen MR) is 121 cm³/mol. The molecule has 0 aromatic heterocycles. The molecule has 0 spiro atoms. The van der Waals surface area contributed by atoms with Crippen LogP contribution in [0, 0.1) is 0 Å². The molecule has 2 aromatic rings. The van der Waals surface area contributed by atoms with Gasteiger partial charge in [-0.05, 0) is 69.0 Å². The lowest BCUT2D eigenvalue weighted by molar-refractivity contribution is -0.143. The van der Waals surface area contributed by atoms with Crippen molar-refractivity contribution in [2.24, 2.45) is 0 Å². The molecule has 1 aliphatic heterocycles. The number of piperidine rings is 1. The van der Waals surface area contributed by atoms with Crippen molar-refractivity contribution in [1.82, 2.24) is 4.90 Å². The Labute approximate surface area is 210 Å². The Bertz CT molecular complexity index is 1050. The van der Waals surface area contributed by atoms with E-state index in [4.69, 9.17) is 21.1 Å². The second-order valence-corrected chi connectivity index (χ2v) is 9.95. The summed E-state index contributed by atoms with van der Waals surface area (Å²) in [5.74, 6) is 0. The highest BCUT2D eigenvalue weighted by molar-refractivity contribution is 6.31. The minimum absolute atomic E-state index is 0.0703. The summed E-state index contributed by atoms with van der Waals surface area (Å²) in [6.45, 7) is 4.91. The summed E-state index contributed by atoms with van der Waals surface area (Å²) < 4.78 is 90.9. The molecule has 1 fully saturated rings. The number of alkyl halides is 6. The molecule has 1 saturated heterocycles. The first-order chi connectivity index (χ1) is 16.6. The van der Waals surface area contributed by atoms with E-state index in [2.05, 4.69) is 0 Å². The predicted octanol–water partition coefficient (Wildman–Crippen LogP) is 8.04. The summed E-state index contributed by atoms with van der Waals surface area (Å²) in [6, 6.07) is 7.31. The van der Waals surface area contributed by atoms with Crippen molar-refractivity contribution in [3.63, 3.8) is 0 Å². The van der Waals surface area contributed by atoms with Gasteiger partial charge in [0.2, 0.25) is 0 Å². The zero-order valence-electron chi connectivity index (χ0n) is 19.8. The fraction of sp³-hybridized carbons (Fsp3) is 0.480. The molecular weight excluding hydrogens is 512 g/mol. The molecular formula is C25H26ClF6NO3. The lowest BCUT2D eigenvalue weighted by atomic mass is 9.92. The number of carbonyl (C=O) groups is 1. The zero-order chi connectivity index (χ0) is 26.9. The lowest BCUT2D eigenvalue weighted by Gasteiger charge is -2.42. The van der Waals surface area contributed by atoms with Gasteiger partial charge in [-0.25, -0.2) is 4.79 Å². The van der Waals surface area contributed by atoms with Gasteiger partial charge in [-0.3, -0.25) is 4.90 Å². The standard InChI is InChI=1S/C25H26ClF6NO3/c1-23(2,3)36-22(34)33-10-6-9-20(21(33)18-7-4-5-8-19(18)26)35-14-15-11-16(24(27,28)29)13-17(12-15)25(30,31)32/h4-5,7-8,11-13,20-21H,6,9-10,14H2,1-3H3/t20-,21-/m1/s1. The number of ether oxygens (including phenoxy) is 2. The van der Waals surface area contributed by atoms with Crippen LogP contribution in [0.3, 0.4) is 0 Å². The summed E-state index contributed by atoms with van der Waals surface area (Å²) in [7, 11) is 0. The van der Waals surface area contributed by atoms with Crippen LogP contribution in [-0.2, 0) is 28.4 Å². The normalized spacial score (nSPS) is 19.3. The Hall–Kier alpha value is -2.46. The number of benzene rings is 2. The highest BCUT2D eigenvalue weighted by Gasteiger charge is 2.40. The van der Waals surface area contributed by atoms with Crippen LogP contribution in [-0.4, -0.2) is 29.2 Å². The van der Waals surface area contributed by atoms with Gasteiger partial charge in [0.1, 0.15) is 5.60 Å². The van der Waals surface area contributed by atoms with E-state index in [9.17, 15) is 31.1 Å². The van der Waals surface area contributed by atoms with Gasteiger partial charge in [0.05, 0.1) is 29.9 Å². The molecule has 11 heteroatoms. The molecule has 0 saturated carbocycles. The van der Waals surface area contributed by atoms with E-state index in [1.165, 1.54) is 4.90 Å². The van der Waals surface area contributed by atoms with E-state index >= 15 is 0 Å². The first-order valence-electron chi connectivity index (χ1n) is 11.2. The number of halogens is 7. The number of nitrogens with zero attached hydrogens (tertiary/aromatic N) is 1. The van der Waals surface area contributed by atoms with E-state index in [-0.39, 0.29) is 11.6 Å². The van der Waals surface area contributed by atoms with Crippen molar-refractivity contribution < 1.29 is 40.6 Å². The van der Waals surface area contributed by atoms with Crippen molar-refractivity contribution in [2.45, 2.75) is 70.3 Å². The zero-order valence-corrected chi connectivity index (χ0v) is 20.6. The number of hydrogen-bond donors (Lipinski definition) is 0. The minimum atomic E-state index is -4.96. The highest BCUT2D eigenvalue weighted by atomic mass is 35.5. The van der Waals surface area contributed by atoms with Gasteiger partial charge >= 0.3 is 18.4 Å². The first kappa shape index (κ1) is 28.1. The summed E-state index contributed by atoms with van der Waals surface area (Å²) >= 11 is 6.40. The van der Waals surface area contributed by atoms with E-state index in [1.807, 2.05) is 0 Å². The van der Waals surface area contributed by atoms with Gasteiger partial charge in [0.25, 0.3) is 0 Å². The number of likely N-dealkylation sites (tertiary alicyclic amines) is 1. The Morgan fingerprint density at radius 1 is 1.00 bits per heavy atom. The Morgan fingerprint density at radius 2 is 1.58 bits per heavy atom. The monoisotopic (exact) mass is 537 g/mol. The third-order valence-electron chi connectivity index (χ3n) is 5.54. The number of hydrogen-bond acceptors (Lipinski definition) is 3. The molecule has 36 heavy (non-hydrogen) atoms. The second-order valence-electron chi connectivity index (χ2n) is 9.55. The maximum Gasteiger partial charge on any atom is 0.416 e. The maximum atomic E-state index is 13.3. The van der Waals surface area contributed by atoms with E-state index in [0.29, 0.717) is 42.1 Å². The van der Waals surface area contributed by atoms with Crippen LogP contribution in [0.1, 0.15) is 61.9 Å². The van der Waals surface area contributed by atoms with Gasteiger partial charge in [0.15, 0.2) is 0 Å². The van der Waals surface area contributed by atoms with E-state index < -0.39 is 53.9 Å². The summed E-state index contributed by atoms with van der Waals surface area (Å²) in [4.78, 5) is 14.4. The Balaban J connectivity index is 1.94. The Morgan fingerprint density at radius 3 is 2.11 bits per heavy atom. The lowest BCUT2D eigenvalue weighted by Crippen LogP contribution is -2.48. The molecule has 1 aliphatic rings. The smallest absolute Gasteiger partial charge is 0.416 e. The molecule has 0 bridgehead atoms. The van der Waals surface area contributed by atoms with Gasteiger partial charge in [0, 0.05) is 11.6 Å². The molecule has 4 nitrogen and oxygen atoms in total. The van der Waals surface area contributed by atoms with Crippen molar-refractivity contribution >= 4 is 17.7 Å². The van der Waals surface area contributed by atoms with Crippen molar-refractivity contribution in [3.8, 4) is 0 Å². The summed E-state index contributed by atoms with van der Waals surface area (Å²) in [5, 5.41) is 0.338. The fourth-order valence-corrected chi connectivity index (χ4v) is 4.30. The van der Waals surface area contributed by atoms with Gasteiger partial charge in [-0.15, -0.1) is 0 Å². The van der Waals surface area contributed by atoms with Crippen molar-refractivity contribution in [3.05, 3.63) is 69.7 Å². The number of rotatable bonds is 4. The topological polar surface area (TPSA) is 38.8 Å². The third kappa shape index (κ3) is 7.06. The SMILES string of the molecule is CC(C)(C)OC(=O)N1CCC[C@@H](OCc2cc(C(F)(F)F)cc(C(F)(F)F)c2)[C@H]1c1ccccc1Cl. The van der Waals surface area contributed by atoms with Crippen LogP contribution in [0.5, 0.6) is 0 Å². The minimum Gasteiger partial charge on any atom is -0.444 e. The molecule has 198 valence electrons.